The Morgan fingerprint density at radius 2 is 2.18 bits per heavy atom. The van der Waals surface area contributed by atoms with Crippen molar-refractivity contribution < 1.29 is 0 Å². The molecule has 1 N–H and O–H groups in total. The summed E-state index contributed by atoms with van der Waals surface area (Å²) in [6.07, 6.45) is 10.9. The van der Waals surface area contributed by atoms with Crippen molar-refractivity contribution >= 4 is 0 Å². The van der Waals surface area contributed by atoms with E-state index in [0.29, 0.717) is 5.41 Å². The van der Waals surface area contributed by atoms with Crippen LogP contribution in [0, 0.1) is 17.3 Å². The third kappa shape index (κ3) is 3.34. The molecular formula is C16H29N. The van der Waals surface area contributed by atoms with Crippen molar-refractivity contribution in [1.82, 2.24) is 5.32 Å². The second-order valence-corrected chi connectivity index (χ2v) is 6.63. The van der Waals surface area contributed by atoms with Crippen molar-refractivity contribution in [3.05, 3.63) is 11.6 Å². The maximum absolute atomic E-state index is 3.76. The summed E-state index contributed by atoms with van der Waals surface area (Å²) in [7, 11) is 0. The van der Waals surface area contributed by atoms with Crippen LogP contribution in [0.3, 0.4) is 0 Å². The van der Waals surface area contributed by atoms with Gasteiger partial charge in [0.25, 0.3) is 0 Å². The topological polar surface area (TPSA) is 12.0 Å². The molecule has 1 nitrogen and oxygen atoms in total. The van der Waals surface area contributed by atoms with Gasteiger partial charge in [0.05, 0.1) is 0 Å². The zero-order valence-corrected chi connectivity index (χ0v) is 11.9. The van der Waals surface area contributed by atoms with E-state index in [-0.39, 0.29) is 0 Å². The van der Waals surface area contributed by atoms with Crippen LogP contribution >= 0.6 is 0 Å². The lowest BCUT2D eigenvalue weighted by molar-refractivity contribution is 0.121. The Morgan fingerprint density at radius 1 is 1.41 bits per heavy atom. The van der Waals surface area contributed by atoms with Crippen molar-refractivity contribution in [2.45, 2.75) is 59.3 Å². The molecule has 98 valence electrons. The molecule has 0 bridgehead atoms. The lowest BCUT2D eigenvalue weighted by Gasteiger charge is -2.42. The van der Waals surface area contributed by atoms with Crippen LogP contribution in [0.5, 0.6) is 0 Å². The highest BCUT2D eigenvalue weighted by atomic mass is 14.9. The third-order valence-corrected chi connectivity index (χ3v) is 4.98. The minimum Gasteiger partial charge on any atom is -0.316 e. The highest BCUT2D eigenvalue weighted by molar-refractivity contribution is 5.06. The van der Waals surface area contributed by atoms with Gasteiger partial charge in [0.1, 0.15) is 0 Å². The van der Waals surface area contributed by atoms with Crippen molar-refractivity contribution in [2.75, 3.05) is 13.1 Å². The van der Waals surface area contributed by atoms with Gasteiger partial charge in [0.2, 0.25) is 0 Å². The normalized spacial score (nSPS) is 31.8. The van der Waals surface area contributed by atoms with Crippen LogP contribution in [-0.4, -0.2) is 13.1 Å². The predicted molar refractivity (Wildman–Crippen MR) is 75.1 cm³/mol. The standard InChI is InChI=1S/C16H29N/c1-4-16(6-5-7-16)12-17-11-15-9-13(2)8-14(3)10-15/h8,13,15,17H,4-7,9-12H2,1-3H3. The third-order valence-electron chi connectivity index (χ3n) is 4.98. The predicted octanol–water partition coefficient (Wildman–Crippen LogP) is 4.15. The van der Waals surface area contributed by atoms with Crippen molar-refractivity contribution in [3.8, 4) is 0 Å². The van der Waals surface area contributed by atoms with Crippen molar-refractivity contribution in [1.29, 1.82) is 0 Å². The first kappa shape index (κ1) is 13.1. The van der Waals surface area contributed by atoms with E-state index < -0.39 is 0 Å². The van der Waals surface area contributed by atoms with Gasteiger partial charge in [0.15, 0.2) is 0 Å². The van der Waals surface area contributed by atoms with Crippen LogP contribution in [0.25, 0.3) is 0 Å². The lowest BCUT2D eigenvalue weighted by Crippen LogP contribution is -2.41. The summed E-state index contributed by atoms with van der Waals surface area (Å²) in [4.78, 5) is 0. The van der Waals surface area contributed by atoms with Crippen molar-refractivity contribution in [3.63, 3.8) is 0 Å². The first-order chi connectivity index (χ1) is 8.13. The molecule has 0 aromatic heterocycles. The van der Waals surface area contributed by atoms with Gasteiger partial charge in [-0.3, -0.25) is 0 Å². The number of hydrogen-bond acceptors (Lipinski definition) is 1. The molecule has 0 spiro atoms. The SMILES string of the molecule is CCC1(CNCC2CC(C)=CC(C)C2)CCC1. The number of rotatable bonds is 5. The first-order valence-corrected chi connectivity index (χ1v) is 7.51. The van der Waals surface area contributed by atoms with Gasteiger partial charge in [-0.15, -0.1) is 0 Å². The summed E-state index contributed by atoms with van der Waals surface area (Å²) in [5.74, 6) is 1.67. The van der Waals surface area contributed by atoms with E-state index >= 15 is 0 Å². The van der Waals surface area contributed by atoms with Gasteiger partial charge in [-0.25, -0.2) is 0 Å². The van der Waals surface area contributed by atoms with Gasteiger partial charge in [0, 0.05) is 6.54 Å². The molecule has 1 fully saturated rings. The van der Waals surface area contributed by atoms with Crippen LogP contribution < -0.4 is 5.32 Å². The Morgan fingerprint density at radius 3 is 2.71 bits per heavy atom. The number of allylic oxidation sites excluding steroid dienone is 2. The molecule has 0 aromatic carbocycles. The maximum Gasteiger partial charge on any atom is 0.000782 e. The fourth-order valence-corrected chi connectivity index (χ4v) is 3.72. The second-order valence-electron chi connectivity index (χ2n) is 6.63. The molecule has 2 atom stereocenters. The largest absolute Gasteiger partial charge is 0.316 e. The van der Waals surface area contributed by atoms with Crippen LogP contribution in [0.1, 0.15) is 59.3 Å². The van der Waals surface area contributed by atoms with E-state index in [1.165, 1.54) is 51.6 Å². The Balaban J connectivity index is 1.70. The van der Waals surface area contributed by atoms with Gasteiger partial charge in [-0.05, 0) is 62.8 Å². The molecule has 2 aliphatic carbocycles. The summed E-state index contributed by atoms with van der Waals surface area (Å²) in [6.45, 7) is 9.50. The Bertz CT molecular complexity index is 270. The molecule has 0 radical (unpaired) electrons. The van der Waals surface area contributed by atoms with E-state index in [4.69, 9.17) is 0 Å². The molecule has 17 heavy (non-hydrogen) atoms. The Labute approximate surface area is 107 Å². The zero-order valence-electron chi connectivity index (χ0n) is 11.9. The average molecular weight is 235 g/mol. The average Bonchev–Trinajstić information content (AvgIpc) is 2.20. The maximum atomic E-state index is 3.76. The smallest absolute Gasteiger partial charge is 0.000782 e. The quantitative estimate of drug-likeness (QED) is 0.706. The summed E-state index contributed by atoms with van der Waals surface area (Å²) < 4.78 is 0. The summed E-state index contributed by atoms with van der Waals surface area (Å²) in [5, 5.41) is 3.76. The Kier molecular flexibility index (Phi) is 4.30. The molecule has 0 amide bonds. The minimum absolute atomic E-state index is 0.672. The lowest BCUT2D eigenvalue weighted by atomic mass is 9.67. The molecule has 1 saturated carbocycles. The first-order valence-electron chi connectivity index (χ1n) is 7.51. The van der Waals surface area contributed by atoms with E-state index in [2.05, 4.69) is 32.2 Å². The molecule has 0 aliphatic heterocycles. The van der Waals surface area contributed by atoms with Gasteiger partial charge >= 0.3 is 0 Å². The summed E-state index contributed by atoms with van der Waals surface area (Å²) >= 11 is 0. The molecule has 0 saturated heterocycles. The Hall–Kier alpha value is -0.300. The number of nitrogens with one attached hydrogen (secondary N) is 1. The van der Waals surface area contributed by atoms with E-state index in [1.807, 2.05) is 0 Å². The van der Waals surface area contributed by atoms with E-state index in [9.17, 15) is 0 Å². The minimum atomic E-state index is 0.672. The van der Waals surface area contributed by atoms with Crippen LogP contribution in [0.2, 0.25) is 0 Å². The molecule has 0 heterocycles. The fraction of sp³-hybridized carbons (Fsp3) is 0.875. The van der Waals surface area contributed by atoms with Crippen molar-refractivity contribution in [2.24, 2.45) is 17.3 Å². The molecule has 0 aromatic rings. The zero-order chi connectivity index (χ0) is 12.3. The van der Waals surface area contributed by atoms with E-state index in [0.717, 1.165) is 11.8 Å². The van der Waals surface area contributed by atoms with Gasteiger partial charge in [-0.2, -0.15) is 0 Å². The summed E-state index contributed by atoms with van der Waals surface area (Å²) in [6, 6.07) is 0. The molecular weight excluding hydrogens is 206 g/mol. The van der Waals surface area contributed by atoms with Crippen LogP contribution in [0.4, 0.5) is 0 Å². The highest BCUT2D eigenvalue weighted by Crippen LogP contribution is 2.43. The van der Waals surface area contributed by atoms with Crippen LogP contribution in [-0.2, 0) is 0 Å². The second kappa shape index (κ2) is 5.56. The molecule has 2 rings (SSSR count). The van der Waals surface area contributed by atoms with Gasteiger partial charge < -0.3 is 5.32 Å². The van der Waals surface area contributed by atoms with Crippen LogP contribution in [0.15, 0.2) is 11.6 Å². The number of hydrogen-bond donors (Lipinski definition) is 1. The van der Waals surface area contributed by atoms with E-state index in [1.54, 1.807) is 5.57 Å². The monoisotopic (exact) mass is 235 g/mol. The fourth-order valence-electron chi connectivity index (χ4n) is 3.72. The highest BCUT2D eigenvalue weighted by Gasteiger charge is 2.34. The van der Waals surface area contributed by atoms with Gasteiger partial charge in [-0.1, -0.05) is 31.9 Å². The molecule has 1 heteroatoms. The molecule has 2 unspecified atom stereocenters. The molecule has 2 aliphatic rings. The summed E-state index contributed by atoms with van der Waals surface area (Å²) in [5.41, 5.74) is 2.27.